The Bertz CT molecular complexity index is 593. The van der Waals surface area contributed by atoms with Crippen LogP contribution in [0.15, 0.2) is 12.1 Å². The van der Waals surface area contributed by atoms with Gasteiger partial charge in [-0.1, -0.05) is 13.8 Å². The molecule has 0 unspecified atom stereocenters. The van der Waals surface area contributed by atoms with Crippen LogP contribution in [0.3, 0.4) is 0 Å². The van der Waals surface area contributed by atoms with E-state index in [2.05, 4.69) is 13.8 Å². The number of hydrogen-bond donors (Lipinski definition) is 0. The summed E-state index contributed by atoms with van der Waals surface area (Å²) in [4.78, 5) is 0. The lowest BCUT2D eigenvalue weighted by Crippen LogP contribution is -2.26. The topological polar surface area (TPSA) is 52.6 Å². The highest BCUT2D eigenvalue weighted by Crippen LogP contribution is 2.36. The smallest absolute Gasteiger partial charge is 0.236 e. The van der Waals surface area contributed by atoms with Crippen molar-refractivity contribution in [3.63, 3.8) is 0 Å². The molecule has 4 nitrogen and oxygen atoms in total. The zero-order valence-electron chi connectivity index (χ0n) is 11.2. The van der Waals surface area contributed by atoms with Gasteiger partial charge in [0.1, 0.15) is 0 Å². The predicted octanol–water partition coefficient (Wildman–Crippen LogP) is 2.86. The van der Waals surface area contributed by atoms with Crippen LogP contribution in [0.1, 0.15) is 25.0 Å². The van der Waals surface area contributed by atoms with E-state index >= 15 is 0 Å². The van der Waals surface area contributed by atoms with E-state index in [1.54, 1.807) is 12.1 Å². The molecule has 1 aromatic carbocycles. The lowest BCUT2D eigenvalue weighted by molar-refractivity contribution is 0.140. The third-order valence-corrected chi connectivity index (χ3v) is 3.95. The van der Waals surface area contributed by atoms with Crippen molar-refractivity contribution >= 4 is 19.7 Å². The number of aryl methyl sites for hydroxylation is 1. The molecule has 6 heteroatoms. The number of halogens is 1. The summed E-state index contributed by atoms with van der Waals surface area (Å²) in [7, 11) is 1.72. The van der Waals surface area contributed by atoms with E-state index < -0.39 is 9.05 Å². The quantitative estimate of drug-likeness (QED) is 0.788. The molecule has 1 heterocycles. The lowest BCUT2D eigenvalue weighted by atomic mass is 9.97. The van der Waals surface area contributed by atoms with Gasteiger partial charge in [-0.05, 0) is 30.2 Å². The summed E-state index contributed by atoms with van der Waals surface area (Å²) >= 11 is 0. The standard InChI is InChI=1S/C13H17ClO4S/c1-9-4-11-12(5-10(9)6-19(14,15)16)18-8-13(2,3)7-17-11/h4-5H,6-8H2,1-3H3. The number of rotatable bonds is 2. The van der Waals surface area contributed by atoms with Crippen LogP contribution in [0.2, 0.25) is 0 Å². The average molecular weight is 305 g/mol. The van der Waals surface area contributed by atoms with E-state index in [4.69, 9.17) is 20.2 Å². The average Bonchev–Trinajstić information content (AvgIpc) is 2.38. The largest absolute Gasteiger partial charge is 0.489 e. The first-order valence-electron chi connectivity index (χ1n) is 5.98. The molecule has 0 bridgehead atoms. The molecule has 0 saturated carbocycles. The maximum atomic E-state index is 11.2. The first-order valence-corrected chi connectivity index (χ1v) is 8.46. The van der Waals surface area contributed by atoms with Crippen molar-refractivity contribution in [2.24, 2.45) is 5.41 Å². The molecule has 2 rings (SSSR count). The SMILES string of the molecule is Cc1cc2c(cc1CS(=O)(=O)Cl)OCC(C)(C)CO2. The molecule has 1 aromatic rings. The van der Waals surface area contributed by atoms with Crippen LogP contribution in [0.25, 0.3) is 0 Å². The number of benzene rings is 1. The molecule has 19 heavy (non-hydrogen) atoms. The molecule has 0 aromatic heterocycles. The van der Waals surface area contributed by atoms with Crippen molar-refractivity contribution in [2.75, 3.05) is 13.2 Å². The van der Waals surface area contributed by atoms with Crippen LogP contribution >= 0.6 is 10.7 Å². The van der Waals surface area contributed by atoms with Crippen molar-refractivity contribution in [3.8, 4) is 11.5 Å². The van der Waals surface area contributed by atoms with Gasteiger partial charge in [0.05, 0.1) is 19.0 Å². The van der Waals surface area contributed by atoms with Crippen LogP contribution in [0.4, 0.5) is 0 Å². The Balaban J connectivity index is 2.36. The van der Waals surface area contributed by atoms with Gasteiger partial charge < -0.3 is 9.47 Å². The molecular formula is C13H17ClO4S. The molecule has 0 radical (unpaired) electrons. The first-order chi connectivity index (χ1) is 8.66. The fraction of sp³-hybridized carbons (Fsp3) is 0.538. The second kappa shape index (κ2) is 4.87. The van der Waals surface area contributed by atoms with Crippen molar-refractivity contribution in [1.29, 1.82) is 0 Å². The van der Waals surface area contributed by atoms with E-state index in [-0.39, 0.29) is 11.2 Å². The molecule has 0 N–H and O–H groups in total. The first kappa shape index (κ1) is 14.5. The number of fused-ring (bicyclic) bond motifs is 1. The van der Waals surface area contributed by atoms with Gasteiger partial charge in [0.2, 0.25) is 9.05 Å². The zero-order valence-corrected chi connectivity index (χ0v) is 12.8. The Labute approximate surface area is 118 Å². The third-order valence-electron chi connectivity index (χ3n) is 2.97. The third kappa shape index (κ3) is 3.76. The summed E-state index contributed by atoms with van der Waals surface area (Å²) in [6, 6.07) is 3.50. The van der Waals surface area contributed by atoms with E-state index in [0.717, 1.165) is 5.56 Å². The van der Waals surface area contributed by atoms with E-state index in [0.29, 0.717) is 30.3 Å². The Morgan fingerprint density at radius 2 is 1.74 bits per heavy atom. The van der Waals surface area contributed by atoms with Gasteiger partial charge in [-0.2, -0.15) is 0 Å². The summed E-state index contributed by atoms with van der Waals surface area (Å²) in [6.07, 6.45) is 0. The molecule has 1 aliphatic heterocycles. The molecule has 1 aliphatic rings. The fourth-order valence-corrected chi connectivity index (χ4v) is 2.89. The highest BCUT2D eigenvalue weighted by molar-refractivity contribution is 8.13. The van der Waals surface area contributed by atoms with Crippen LogP contribution in [0, 0.1) is 12.3 Å². The van der Waals surface area contributed by atoms with Crippen molar-refractivity contribution in [2.45, 2.75) is 26.5 Å². The molecule has 0 spiro atoms. The fourth-order valence-electron chi connectivity index (χ4n) is 1.86. The summed E-state index contributed by atoms with van der Waals surface area (Å²) in [5, 5.41) is 0. The maximum absolute atomic E-state index is 11.2. The maximum Gasteiger partial charge on any atom is 0.236 e. The summed E-state index contributed by atoms with van der Waals surface area (Å²) in [5.74, 6) is 1.02. The van der Waals surface area contributed by atoms with Gasteiger partial charge in [-0.15, -0.1) is 0 Å². The molecule has 106 valence electrons. The Hall–Kier alpha value is -0.940. The molecule has 0 saturated heterocycles. The van der Waals surface area contributed by atoms with E-state index in [9.17, 15) is 8.42 Å². The molecular weight excluding hydrogens is 288 g/mol. The molecule has 0 fully saturated rings. The van der Waals surface area contributed by atoms with Crippen molar-refractivity contribution in [3.05, 3.63) is 23.3 Å². The second-order valence-electron chi connectivity index (χ2n) is 5.65. The van der Waals surface area contributed by atoms with Crippen molar-refractivity contribution < 1.29 is 17.9 Å². The second-order valence-corrected chi connectivity index (χ2v) is 8.43. The predicted molar refractivity (Wildman–Crippen MR) is 74.4 cm³/mol. The monoisotopic (exact) mass is 304 g/mol. The minimum Gasteiger partial charge on any atom is -0.489 e. The van der Waals surface area contributed by atoms with Crippen LogP contribution in [0.5, 0.6) is 11.5 Å². The number of hydrogen-bond acceptors (Lipinski definition) is 4. The van der Waals surface area contributed by atoms with Gasteiger partial charge >= 0.3 is 0 Å². The lowest BCUT2D eigenvalue weighted by Gasteiger charge is -2.19. The van der Waals surface area contributed by atoms with Gasteiger partial charge in [0.25, 0.3) is 0 Å². The Morgan fingerprint density at radius 3 is 2.26 bits per heavy atom. The minimum absolute atomic E-state index is 0.0777. The molecule has 0 aliphatic carbocycles. The molecule has 0 atom stereocenters. The Kier molecular flexibility index (Phi) is 3.71. The molecule has 0 amide bonds. The number of ether oxygens (including phenoxy) is 2. The van der Waals surface area contributed by atoms with Crippen molar-refractivity contribution in [1.82, 2.24) is 0 Å². The van der Waals surface area contributed by atoms with Gasteiger partial charge in [-0.3, -0.25) is 0 Å². The Morgan fingerprint density at radius 1 is 1.21 bits per heavy atom. The highest BCUT2D eigenvalue weighted by Gasteiger charge is 2.26. The van der Waals surface area contributed by atoms with Gasteiger partial charge in [0, 0.05) is 16.1 Å². The van der Waals surface area contributed by atoms with E-state index in [1.165, 1.54) is 0 Å². The zero-order chi connectivity index (χ0) is 14.3. The minimum atomic E-state index is -3.58. The summed E-state index contributed by atoms with van der Waals surface area (Å²) < 4.78 is 33.8. The van der Waals surface area contributed by atoms with E-state index in [1.807, 2.05) is 6.92 Å². The summed E-state index contributed by atoms with van der Waals surface area (Å²) in [5.41, 5.74) is 1.38. The highest BCUT2D eigenvalue weighted by atomic mass is 35.7. The van der Waals surface area contributed by atoms with Gasteiger partial charge in [0.15, 0.2) is 11.5 Å². The van der Waals surface area contributed by atoms with Crippen LogP contribution in [-0.4, -0.2) is 21.6 Å². The van der Waals surface area contributed by atoms with Crippen LogP contribution < -0.4 is 9.47 Å². The van der Waals surface area contributed by atoms with Gasteiger partial charge in [-0.25, -0.2) is 8.42 Å². The summed E-state index contributed by atoms with van der Waals surface area (Å²) in [6.45, 7) is 7.02. The van der Waals surface area contributed by atoms with Crippen LogP contribution in [-0.2, 0) is 14.8 Å². The normalized spacial score (nSPS) is 17.9.